The number of hydrogen-bond donors (Lipinski definition) is 1. The monoisotopic (exact) mass is 443 g/mol. The lowest BCUT2D eigenvalue weighted by Crippen LogP contribution is -2.45. The minimum Gasteiger partial charge on any atom is -0.462 e. The summed E-state index contributed by atoms with van der Waals surface area (Å²) in [4.78, 5) is 29.2. The second-order valence-corrected chi connectivity index (χ2v) is 8.05. The van der Waals surface area contributed by atoms with E-state index >= 15 is 0 Å². The molecule has 1 fully saturated rings. The third-order valence-electron chi connectivity index (χ3n) is 5.77. The minimum absolute atomic E-state index is 0.179. The van der Waals surface area contributed by atoms with E-state index in [0.29, 0.717) is 23.4 Å². The van der Waals surface area contributed by atoms with Crippen LogP contribution in [0.1, 0.15) is 33.2 Å². The van der Waals surface area contributed by atoms with Gasteiger partial charge in [-0.15, -0.1) is 0 Å². The van der Waals surface area contributed by atoms with Crippen molar-refractivity contribution in [2.24, 2.45) is 0 Å². The van der Waals surface area contributed by atoms with E-state index in [1.54, 1.807) is 31.2 Å². The number of nitrogens with zero attached hydrogens (tertiary/aromatic N) is 2. The summed E-state index contributed by atoms with van der Waals surface area (Å²) in [6.45, 7) is 7.03. The Morgan fingerprint density at radius 3 is 2.09 bits per heavy atom. The molecule has 4 rings (SSSR count). The fraction of sp³-hybridized carbons (Fsp3) is 0.259. The number of rotatable bonds is 7. The topological polar surface area (TPSA) is 61.9 Å². The molecule has 1 N–H and O–H groups in total. The van der Waals surface area contributed by atoms with Crippen molar-refractivity contribution in [1.29, 1.82) is 0 Å². The molecule has 0 atom stereocenters. The van der Waals surface area contributed by atoms with Crippen LogP contribution in [-0.2, 0) is 11.3 Å². The number of para-hydroxylation sites is 1. The van der Waals surface area contributed by atoms with Crippen molar-refractivity contribution < 1.29 is 14.3 Å². The zero-order valence-electron chi connectivity index (χ0n) is 18.9. The third kappa shape index (κ3) is 5.99. The van der Waals surface area contributed by atoms with Gasteiger partial charge in [0.1, 0.15) is 0 Å². The van der Waals surface area contributed by atoms with E-state index in [9.17, 15) is 9.59 Å². The van der Waals surface area contributed by atoms with Gasteiger partial charge in [-0.05, 0) is 61.0 Å². The molecule has 0 spiro atoms. The molecular weight excluding hydrogens is 414 g/mol. The summed E-state index contributed by atoms with van der Waals surface area (Å²) in [6, 6.07) is 25.0. The number of carbonyl (C=O) groups is 2. The Morgan fingerprint density at radius 1 is 0.818 bits per heavy atom. The number of ether oxygens (including phenoxy) is 1. The first-order valence-electron chi connectivity index (χ1n) is 11.3. The van der Waals surface area contributed by atoms with Crippen molar-refractivity contribution in [3.05, 3.63) is 95.6 Å². The fourth-order valence-electron chi connectivity index (χ4n) is 3.93. The van der Waals surface area contributed by atoms with Gasteiger partial charge in [0, 0.05) is 49.7 Å². The van der Waals surface area contributed by atoms with Gasteiger partial charge in [-0.1, -0.05) is 30.3 Å². The molecule has 3 aromatic carbocycles. The predicted molar refractivity (Wildman–Crippen MR) is 131 cm³/mol. The lowest BCUT2D eigenvalue weighted by Gasteiger charge is -2.36. The second kappa shape index (κ2) is 10.8. The van der Waals surface area contributed by atoms with E-state index in [0.717, 1.165) is 32.7 Å². The number of hydrogen-bond acceptors (Lipinski definition) is 5. The predicted octanol–water partition coefficient (Wildman–Crippen LogP) is 4.44. The Kier molecular flexibility index (Phi) is 7.37. The maximum atomic E-state index is 12.6. The van der Waals surface area contributed by atoms with Gasteiger partial charge in [0.2, 0.25) is 0 Å². The highest BCUT2D eigenvalue weighted by atomic mass is 16.5. The SMILES string of the molecule is CCOC(=O)c1ccc(NC(=O)c2ccc(CN3CCN(c4ccccc4)CC3)cc2)cc1. The smallest absolute Gasteiger partial charge is 0.338 e. The lowest BCUT2D eigenvalue weighted by molar-refractivity contribution is 0.0526. The van der Waals surface area contributed by atoms with Crippen LogP contribution in [0.5, 0.6) is 0 Å². The van der Waals surface area contributed by atoms with Gasteiger partial charge in [-0.25, -0.2) is 4.79 Å². The molecule has 6 nitrogen and oxygen atoms in total. The highest BCUT2D eigenvalue weighted by Crippen LogP contribution is 2.18. The quantitative estimate of drug-likeness (QED) is 0.547. The van der Waals surface area contributed by atoms with Crippen molar-refractivity contribution in [2.75, 3.05) is 43.0 Å². The summed E-state index contributed by atoms with van der Waals surface area (Å²) in [6.07, 6.45) is 0. The molecule has 0 bridgehead atoms. The second-order valence-electron chi connectivity index (χ2n) is 8.05. The van der Waals surface area contributed by atoms with Crippen LogP contribution in [0.15, 0.2) is 78.9 Å². The van der Waals surface area contributed by atoms with Crippen LogP contribution >= 0.6 is 0 Å². The van der Waals surface area contributed by atoms with Gasteiger partial charge in [0.05, 0.1) is 12.2 Å². The average molecular weight is 444 g/mol. The molecule has 0 saturated carbocycles. The number of esters is 1. The molecule has 3 aromatic rings. The van der Waals surface area contributed by atoms with Crippen LogP contribution in [0.2, 0.25) is 0 Å². The number of benzene rings is 3. The van der Waals surface area contributed by atoms with Crippen LogP contribution in [-0.4, -0.2) is 49.6 Å². The van der Waals surface area contributed by atoms with E-state index in [1.165, 1.54) is 11.3 Å². The summed E-state index contributed by atoms with van der Waals surface area (Å²) < 4.78 is 4.98. The van der Waals surface area contributed by atoms with Crippen LogP contribution in [0, 0.1) is 0 Å². The lowest BCUT2D eigenvalue weighted by atomic mass is 10.1. The first-order chi connectivity index (χ1) is 16.1. The molecular formula is C27H29N3O3. The van der Waals surface area contributed by atoms with E-state index in [2.05, 4.69) is 39.4 Å². The Morgan fingerprint density at radius 2 is 1.45 bits per heavy atom. The molecule has 33 heavy (non-hydrogen) atoms. The number of amides is 1. The van der Waals surface area contributed by atoms with Gasteiger partial charge in [0.15, 0.2) is 0 Å². The minimum atomic E-state index is -0.368. The van der Waals surface area contributed by atoms with Gasteiger partial charge in [-0.3, -0.25) is 9.69 Å². The molecule has 0 aromatic heterocycles. The van der Waals surface area contributed by atoms with Crippen molar-refractivity contribution in [3.63, 3.8) is 0 Å². The van der Waals surface area contributed by atoms with E-state index in [4.69, 9.17) is 4.74 Å². The van der Waals surface area contributed by atoms with Crippen LogP contribution < -0.4 is 10.2 Å². The Balaban J connectivity index is 1.27. The standard InChI is InChI=1S/C27H29N3O3/c1-2-33-27(32)23-12-14-24(15-13-23)28-26(31)22-10-8-21(9-11-22)20-29-16-18-30(19-17-29)25-6-4-3-5-7-25/h3-15H,2,16-20H2,1H3,(H,28,31). The average Bonchev–Trinajstić information content (AvgIpc) is 2.86. The summed E-state index contributed by atoms with van der Waals surface area (Å²) >= 11 is 0. The Bertz CT molecular complexity index is 1060. The van der Waals surface area contributed by atoms with Crippen molar-refractivity contribution in [1.82, 2.24) is 4.90 Å². The summed E-state index contributed by atoms with van der Waals surface area (Å²) in [7, 11) is 0. The van der Waals surface area contributed by atoms with E-state index < -0.39 is 0 Å². The number of carbonyl (C=O) groups excluding carboxylic acids is 2. The van der Waals surface area contributed by atoms with Gasteiger partial charge in [0.25, 0.3) is 5.91 Å². The number of nitrogens with one attached hydrogen (secondary N) is 1. The molecule has 170 valence electrons. The molecule has 0 radical (unpaired) electrons. The first kappa shape index (κ1) is 22.6. The molecule has 1 heterocycles. The molecule has 0 aliphatic carbocycles. The molecule has 1 amide bonds. The van der Waals surface area contributed by atoms with Crippen LogP contribution in [0.25, 0.3) is 0 Å². The molecule has 1 aliphatic rings. The molecule has 0 unspecified atom stereocenters. The first-order valence-corrected chi connectivity index (χ1v) is 11.3. The van der Waals surface area contributed by atoms with E-state index in [-0.39, 0.29) is 11.9 Å². The fourth-order valence-corrected chi connectivity index (χ4v) is 3.93. The van der Waals surface area contributed by atoms with Gasteiger partial charge in [-0.2, -0.15) is 0 Å². The Hall–Kier alpha value is -3.64. The highest BCUT2D eigenvalue weighted by molar-refractivity contribution is 6.04. The normalized spacial score (nSPS) is 14.0. The maximum absolute atomic E-state index is 12.6. The third-order valence-corrected chi connectivity index (χ3v) is 5.77. The van der Waals surface area contributed by atoms with Crippen LogP contribution in [0.4, 0.5) is 11.4 Å². The van der Waals surface area contributed by atoms with Crippen LogP contribution in [0.3, 0.4) is 0 Å². The number of piperazine rings is 1. The largest absolute Gasteiger partial charge is 0.462 e. The molecule has 1 aliphatic heterocycles. The van der Waals surface area contributed by atoms with Crippen molar-refractivity contribution in [3.8, 4) is 0 Å². The number of anilines is 2. The maximum Gasteiger partial charge on any atom is 0.338 e. The summed E-state index contributed by atoms with van der Waals surface area (Å²) in [5, 5.41) is 2.87. The zero-order chi connectivity index (χ0) is 23.0. The summed E-state index contributed by atoms with van der Waals surface area (Å²) in [5.41, 5.74) is 4.17. The molecule has 1 saturated heterocycles. The Labute approximate surface area is 194 Å². The van der Waals surface area contributed by atoms with Gasteiger partial charge < -0.3 is 15.0 Å². The van der Waals surface area contributed by atoms with Crippen molar-refractivity contribution in [2.45, 2.75) is 13.5 Å². The highest BCUT2D eigenvalue weighted by Gasteiger charge is 2.17. The van der Waals surface area contributed by atoms with E-state index in [1.807, 2.05) is 30.3 Å². The summed E-state index contributed by atoms with van der Waals surface area (Å²) in [5.74, 6) is -0.547. The zero-order valence-corrected chi connectivity index (χ0v) is 18.9. The van der Waals surface area contributed by atoms with Crippen molar-refractivity contribution >= 4 is 23.3 Å². The van der Waals surface area contributed by atoms with Gasteiger partial charge >= 0.3 is 5.97 Å². The molecule has 6 heteroatoms.